The molecule has 24 heavy (non-hydrogen) atoms. The number of methoxy groups -OCH3 is 4. The van der Waals surface area contributed by atoms with Gasteiger partial charge in [-0.25, -0.2) is 0 Å². The summed E-state index contributed by atoms with van der Waals surface area (Å²) >= 11 is 0. The number of hydrogen-bond donors (Lipinski definition) is 0. The normalized spacial score (nSPS) is 16.8. The molecule has 2 rings (SSSR count). The molecule has 8 heteroatoms. The van der Waals surface area contributed by atoms with Gasteiger partial charge in [0.15, 0.2) is 28.8 Å². The number of Topliss-reactive ketones (excluding diaryl/α,β-unsaturated/α-hetero) is 1. The van der Waals surface area contributed by atoms with Gasteiger partial charge in [-0.15, -0.1) is 0 Å². The first kappa shape index (κ1) is 18.9. The van der Waals surface area contributed by atoms with Crippen molar-refractivity contribution in [1.29, 1.82) is 0 Å². The van der Waals surface area contributed by atoms with Gasteiger partial charge in [0.1, 0.15) is 0 Å². The molecule has 0 radical (unpaired) electrons. The van der Waals surface area contributed by atoms with Crippen LogP contribution in [0.25, 0.3) is 0 Å². The van der Waals surface area contributed by atoms with Crippen LogP contribution in [0.3, 0.4) is 0 Å². The number of allylic oxidation sites excluding steroid dienone is 4. The third-order valence-electron chi connectivity index (χ3n) is 2.88. The highest BCUT2D eigenvalue weighted by Gasteiger charge is 2.23. The van der Waals surface area contributed by atoms with E-state index in [2.05, 4.69) is 18.9 Å². The smallest absolute Gasteiger partial charge is 0.262 e. The number of ether oxygens (including phenoxy) is 4. The van der Waals surface area contributed by atoms with Gasteiger partial charge in [0.05, 0.1) is 28.4 Å². The Labute approximate surface area is 138 Å². The van der Waals surface area contributed by atoms with Crippen LogP contribution in [-0.4, -0.2) is 51.6 Å². The second-order valence-electron chi connectivity index (χ2n) is 4.31. The number of rotatable bonds is 4. The maximum atomic E-state index is 11.2. The highest BCUT2D eigenvalue weighted by molar-refractivity contribution is 6.18. The number of hydrogen-bond acceptors (Lipinski definition) is 8. The summed E-state index contributed by atoms with van der Waals surface area (Å²) < 4.78 is 18.7. The van der Waals surface area contributed by atoms with E-state index in [1.165, 1.54) is 28.4 Å². The molecule has 0 spiro atoms. The summed E-state index contributed by atoms with van der Waals surface area (Å²) in [5, 5.41) is 0. The summed E-state index contributed by atoms with van der Waals surface area (Å²) in [5.41, 5.74) is 0. The van der Waals surface area contributed by atoms with Gasteiger partial charge in [-0.3, -0.25) is 19.2 Å². The lowest BCUT2D eigenvalue weighted by Gasteiger charge is -2.10. The maximum Gasteiger partial charge on any atom is 0.262 e. The molecule has 8 nitrogen and oxygen atoms in total. The first-order valence-electron chi connectivity index (χ1n) is 6.58. The Morgan fingerprint density at radius 2 is 0.875 bits per heavy atom. The minimum Gasteiger partial charge on any atom is -0.493 e. The van der Waals surface area contributed by atoms with E-state index in [9.17, 15) is 19.2 Å². The fourth-order valence-corrected chi connectivity index (χ4v) is 1.70. The number of carbonyl (C=O) groups is 4. The van der Waals surface area contributed by atoms with Crippen LogP contribution in [0.4, 0.5) is 0 Å². The van der Waals surface area contributed by atoms with Crippen molar-refractivity contribution in [2.24, 2.45) is 0 Å². The van der Waals surface area contributed by atoms with Crippen molar-refractivity contribution in [2.75, 3.05) is 28.4 Å². The van der Waals surface area contributed by atoms with Crippen molar-refractivity contribution in [2.45, 2.75) is 0 Å². The predicted octanol–water partition coefficient (Wildman–Crippen LogP) is 0.398. The second kappa shape index (κ2) is 8.47. The van der Waals surface area contributed by atoms with Gasteiger partial charge in [-0.05, 0) is 0 Å². The molecular weight excluding hydrogens is 320 g/mol. The van der Waals surface area contributed by atoms with Crippen LogP contribution in [0, 0.1) is 0 Å². The Balaban J connectivity index is 0.000000240. The lowest BCUT2D eigenvalue weighted by atomic mass is 10.1. The van der Waals surface area contributed by atoms with Gasteiger partial charge >= 0.3 is 0 Å². The van der Waals surface area contributed by atoms with E-state index >= 15 is 0 Å². The zero-order chi connectivity index (χ0) is 18.3. The molecule has 0 saturated heterocycles. The van der Waals surface area contributed by atoms with Gasteiger partial charge in [-0.1, -0.05) is 0 Å². The summed E-state index contributed by atoms with van der Waals surface area (Å²) in [6.07, 6.45) is 4.48. The number of ketones is 4. The molecule has 0 heterocycles. The summed E-state index contributed by atoms with van der Waals surface area (Å²) in [6, 6.07) is 0. The van der Waals surface area contributed by atoms with E-state index in [4.69, 9.17) is 0 Å². The monoisotopic (exact) mass is 336 g/mol. The molecule has 0 aromatic heterocycles. The Hall–Kier alpha value is -3.16. The van der Waals surface area contributed by atoms with Crippen molar-refractivity contribution < 1.29 is 38.1 Å². The fraction of sp³-hybridized carbons (Fsp3) is 0.250. The van der Waals surface area contributed by atoms with Crippen LogP contribution >= 0.6 is 0 Å². The molecule has 2 aliphatic carbocycles. The van der Waals surface area contributed by atoms with Crippen LogP contribution in [0.2, 0.25) is 0 Å². The van der Waals surface area contributed by atoms with E-state index in [0.29, 0.717) is 0 Å². The van der Waals surface area contributed by atoms with Crippen molar-refractivity contribution in [3.05, 3.63) is 47.3 Å². The molecule has 2 aliphatic rings. The molecule has 0 N–H and O–H groups in total. The SMILES string of the molecule is COC1=CC(=O)C(OC)=CC1=O.COC1=CC(=O)C=C(OC)C1=O. The lowest BCUT2D eigenvalue weighted by molar-refractivity contribution is -0.120. The highest BCUT2D eigenvalue weighted by Crippen LogP contribution is 2.13. The topological polar surface area (TPSA) is 105 Å². The molecule has 0 aromatic carbocycles. The van der Waals surface area contributed by atoms with E-state index in [1.807, 2.05) is 0 Å². The Bertz CT molecular complexity index is 635. The van der Waals surface area contributed by atoms with Gasteiger partial charge in [0, 0.05) is 24.3 Å². The van der Waals surface area contributed by atoms with Crippen molar-refractivity contribution >= 4 is 23.1 Å². The van der Waals surface area contributed by atoms with Crippen LogP contribution in [0.1, 0.15) is 0 Å². The minimum absolute atomic E-state index is 0.0133. The van der Waals surface area contributed by atoms with Gasteiger partial charge in [0.25, 0.3) is 5.78 Å². The Morgan fingerprint density at radius 3 is 1.17 bits per heavy atom. The van der Waals surface area contributed by atoms with Gasteiger partial charge < -0.3 is 18.9 Å². The second-order valence-corrected chi connectivity index (χ2v) is 4.31. The molecule has 0 saturated carbocycles. The third kappa shape index (κ3) is 4.42. The molecule has 0 bridgehead atoms. The molecule has 0 atom stereocenters. The Morgan fingerprint density at radius 1 is 0.542 bits per heavy atom. The summed E-state index contributed by atoms with van der Waals surface area (Å²) in [7, 11) is 5.33. The van der Waals surface area contributed by atoms with Crippen molar-refractivity contribution in [3.8, 4) is 0 Å². The largest absolute Gasteiger partial charge is 0.493 e. The van der Waals surface area contributed by atoms with E-state index < -0.39 is 5.78 Å². The quantitative estimate of drug-likeness (QED) is 0.679. The Kier molecular flexibility index (Phi) is 6.66. The molecule has 0 amide bonds. The zero-order valence-corrected chi connectivity index (χ0v) is 13.6. The molecule has 128 valence electrons. The van der Waals surface area contributed by atoms with Crippen LogP contribution in [0.5, 0.6) is 0 Å². The predicted molar refractivity (Wildman–Crippen MR) is 80.4 cm³/mol. The third-order valence-corrected chi connectivity index (χ3v) is 2.88. The number of carbonyl (C=O) groups excluding carboxylic acids is 4. The van der Waals surface area contributed by atoms with Crippen LogP contribution < -0.4 is 0 Å². The molecule has 0 aliphatic heterocycles. The maximum absolute atomic E-state index is 11.2. The van der Waals surface area contributed by atoms with Crippen LogP contribution in [-0.2, 0) is 38.1 Å². The fourth-order valence-electron chi connectivity index (χ4n) is 1.70. The van der Waals surface area contributed by atoms with Crippen LogP contribution in [0.15, 0.2) is 47.3 Å². The van der Waals surface area contributed by atoms with E-state index in [0.717, 1.165) is 24.3 Å². The van der Waals surface area contributed by atoms with Gasteiger partial charge in [0.2, 0.25) is 11.6 Å². The molecular formula is C16H16O8. The lowest BCUT2D eigenvalue weighted by Crippen LogP contribution is -2.16. The first-order valence-corrected chi connectivity index (χ1v) is 6.58. The summed E-state index contributed by atoms with van der Waals surface area (Å²) in [6.45, 7) is 0. The highest BCUT2D eigenvalue weighted by atomic mass is 16.5. The average Bonchev–Trinajstić information content (AvgIpc) is 2.58. The standard InChI is InChI=1S/2C8H8O4/c1-11-7-3-6(10)8(12-2)4-5(7)9;1-11-6-3-5(9)4-7(12-2)8(6)10/h2*3-4H,1-2H3. The zero-order valence-electron chi connectivity index (χ0n) is 13.6. The molecule has 0 aromatic rings. The summed E-state index contributed by atoms with van der Waals surface area (Å²) in [4.78, 5) is 44.2. The first-order chi connectivity index (χ1) is 11.4. The van der Waals surface area contributed by atoms with E-state index in [1.54, 1.807) is 0 Å². The molecule has 0 unspecified atom stereocenters. The van der Waals surface area contributed by atoms with E-state index in [-0.39, 0.29) is 40.4 Å². The summed E-state index contributed by atoms with van der Waals surface area (Å²) in [5.74, 6) is -1.30. The minimum atomic E-state index is -0.403. The average molecular weight is 336 g/mol. The van der Waals surface area contributed by atoms with Crippen molar-refractivity contribution in [1.82, 2.24) is 0 Å². The van der Waals surface area contributed by atoms with Gasteiger partial charge in [-0.2, -0.15) is 0 Å². The molecule has 0 fully saturated rings. The van der Waals surface area contributed by atoms with Crippen molar-refractivity contribution in [3.63, 3.8) is 0 Å².